The Morgan fingerprint density at radius 2 is 1.31 bits per heavy atom. The molecule has 22 heteroatoms. The second-order valence-corrected chi connectivity index (χ2v) is 18.8. The minimum atomic E-state index is -1.38. The van der Waals surface area contributed by atoms with Crippen LogP contribution in [0.2, 0.25) is 10.0 Å². The van der Waals surface area contributed by atoms with E-state index in [-0.39, 0.29) is 70.0 Å². The highest BCUT2D eigenvalue weighted by atomic mass is 35.5. The summed E-state index contributed by atoms with van der Waals surface area (Å²) in [6.45, 7) is 17.0. The molecule has 0 saturated carbocycles. The average Bonchev–Trinajstić information content (AvgIpc) is 3.65. The monoisotopic (exact) mass is 1090 g/mol. The van der Waals surface area contributed by atoms with Crippen LogP contribution in [0, 0.1) is 17.0 Å². The van der Waals surface area contributed by atoms with Gasteiger partial charge in [0, 0.05) is 36.4 Å². The lowest BCUT2D eigenvalue weighted by atomic mass is 9.61. The standard InChI is InChI=1S/C52H71Cl2F2N3O15/c1-35(74-50(62)72-30-29-71-28-27-70-26-25-69-24-23-68-22-21-67-20-19-66-18-17-65-16-15-63-6)73-49(61)36-11-14-42(43(31-36)64-7)58-48(60)47-45(38-9-8-10-40(54)46(38)56)52(34-57-5,44(59-47)33-51(2,3)4)39-13-12-37(53)32-41(39)55/h8-14,31-32,35,44-45,47,59H,5,15-30,33-34H2,1-4,6-7H3,(H,58,60). The van der Waals surface area contributed by atoms with Gasteiger partial charge in [-0.3, -0.25) is 9.79 Å². The number of nitrogens with one attached hydrogen (secondary N) is 2. The number of aliphatic imine (C=N–C) groups is 1. The Kier molecular flexibility index (Phi) is 27.4. The zero-order chi connectivity index (χ0) is 53.9. The molecular formula is C52H71Cl2F2N3O15. The van der Waals surface area contributed by atoms with Gasteiger partial charge in [0.15, 0.2) is 0 Å². The third-order valence-corrected chi connectivity index (χ3v) is 12.0. The van der Waals surface area contributed by atoms with Crippen LogP contribution >= 0.6 is 23.2 Å². The molecule has 5 unspecified atom stereocenters. The molecule has 1 amide bonds. The van der Waals surface area contributed by atoms with Crippen molar-refractivity contribution in [3.63, 3.8) is 0 Å². The smallest absolute Gasteiger partial charge is 0.495 e. The summed E-state index contributed by atoms with van der Waals surface area (Å²) in [6.07, 6.45) is -2.05. The van der Waals surface area contributed by atoms with Crippen LogP contribution in [0.15, 0.2) is 59.6 Å². The van der Waals surface area contributed by atoms with Crippen molar-refractivity contribution in [2.24, 2.45) is 10.4 Å². The maximum atomic E-state index is 16.3. The van der Waals surface area contributed by atoms with Crippen LogP contribution in [-0.2, 0) is 62.3 Å². The number of ether oxygens (including phenoxy) is 12. The lowest BCUT2D eigenvalue weighted by Gasteiger charge is -2.42. The van der Waals surface area contributed by atoms with E-state index in [0.717, 1.165) is 0 Å². The van der Waals surface area contributed by atoms with Crippen LogP contribution in [0.4, 0.5) is 19.3 Å². The maximum Gasteiger partial charge on any atom is 0.511 e. The predicted octanol–water partition coefficient (Wildman–Crippen LogP) is 7.84. The number of hydrogen-bond donors (Lipinski definition) is 2. The van der Waals surface area contributed by atoms with Crippen molar-refractivity contribution in [2.45, 2.75) is 63.8 Å². The van der Waals surface area contributed by atoms with Crippen LogP contribution in [0.3, 0.4) is 0 Å². The third kappa shape index (κ3) is 19.8. The van der Waals surface area contributed by atoms with Crippen molar-refractivity contribution in [1.29, 1.82) is 0 Å². The Morgan fingerprint density at radius 1 is 0.757 bits per heavy atom. The van der Waals surface area contributed by atoms with Gasteiger partial charge in [0.25, 0.3) is 0 Å². The first-order valence-electron chi connectivity index (χ1n) is 24.2. The molecular weight excluding hydrogens is 1020 g/mol. The Morgan fingerprint density at radius 3 is 1.82 bits per heavy atom. The zero-order valence-electron chi connectivity index (χ0n) is 43.0. The molecule has 1 saturated heterocycles. The topological polar surface area (TPSA) is 198 Å². The fraction of sp³-hybridized carbons (Fsp3) is 0.577. The third-order valence-electron chi connectivity index (χ3n) is 11.5. The van der Waals surface area contributed by atoms with E-state index in [2.05, 4.69) is 22.3 Å². The average molecular weight is 1090 g/mol. The van der Waals surface area contributed by atoms with Gasteiger partial charge in [0.2, 0.25) is 12.2 Å². The normalized spacial score (nSPS) is 17.9. The molecule has 0 bridgehead atoms. The summed E-state index contributed by atoms with van der Waals surface area (Å²) < 4.78 is 96.4. The summed E-state index contributed by atoms with van der Waals surface area (Å²) in [5.41, 5.74) is -1.39. The van der Waals surface area contributed by atoms with E-state index < -0.39 is 59.4 Å². The minimum absolute atomic E-state index is 0.00985. The highest BCUT2D eigenvalue weighted by Gasteiger charge is 2.60. The van der Waals surface area contributed by atoms with Gasteiger partial charge >= 0.3 is 12.1 Å². The van der Waals surface area contributed by atoms with Crippen LogP contribution in [-0.4, -0.2) is 170 Å². The Balaban J connectivity index is 1.20. The number of halogens is 4. The van der Waals surface area contributed by atoms with E-state index in [0.29, 0.717) is 92.3 Å². The van der Waals surface area contributed by atoms with Crippen molar-refractivity contribution in [3.05, 3.63) is 93.0 Å². The summed E-state index contributed by atoms with van der Waals surface area (Å²) in [5.74, 6) is -3.98. The lowest BCUT2D eigenvalue weighted by Crippen LogP contribution is -2.48. The minimum Gasteiger partial charge on any atom is -0.495 e. The summed E-state index contributed by atoms with van der Waals surface area (Å²) in [7, 11) is 2.96. The Hall–Kier alpha value is -4.58. The molecule has 1 aliphatic heterocycles. The molecule has 74 heavy (non-hydrogen) atoms. The number of amides is 1. The molecule has 3 aromatic rings. The van der Waals surface area contributed by atoms with Gasteiger partial charge < -0.3 is 67.5 Å². The van der Waals surface area contributed by atoms with Gasteiger partial charge in [0.05, 0.1) is 135 Å². The predicted molar refractivity (Wildman–Crippen MR) is 273 cm³/mol. The molecule has 1 heterocycles. The molecule has 5 atom stereocenters. The fourth-order valence-electron chi connectivity index (χ4n) is 8.27. The van der Waals surface area contributed by atoms with Crippen molar-refractivity contribution in [3.8, 4) is 5.75 Å². The Labute approximate surface area is 442 Å². The molecule has 18 nitrogen and oxygen atoms in total. The molecule has 2 N–H and O–H groups in total. The molecule has 4 rings (SSSR count). The van der Waals surface area contributed by atoms with Crippen molar-refractivity contribution in [1.82, 2.24) is 5.32 Å². The number of esters is 1. The first-order chi connectivity index (χ1) is 35.6. The molecule has 0 radical (unpaired) electrons. The van der Waals surface area contributed by atoms with E-state index in [9.17, 15) is 14.4 Å². The van der Waals surface area contributed by atoms with Gasteiger partial charge in [-0.2, -0.15) is 0 Å². The first kappa shape index (κ1) is 62.0. The second-order valence-electron chi connectivity index (χ2n) is 18.0. The van der Waals surface area contributed by atoms with Gasteiger partial charge in [-0.15, -0.1) is 0 Å². The second kappa shape index (κ2) is 32.8. The molecule has 412 valence electrons. The molecule has 3 aromatic carbocycles. The van der Waals surface area contributed by atoms with Crippen molar-refractivity contribution >= 4 is 53.6 Å². The van der Waals surface area contributed by atoms with Gasteiger partial charge in [0.1, 0.15) is 24.0 Å². The van der Waals surface area contributed by atoms with E-state index in [1.165, 1.54) is 62.6 Å². The number of anilines is 1. The maximum absolute atomic E-state index is 16.3. The van der Waals surface area contributed by atoms with Crippen LogP contribution < -0.4 is 15.4 Å². The van der Waals surface area contributed by atoms with E-state index in [4.69, 9.17) is 80.0 Å². The highest BCUT2D eigenvalue weighted by Crippen LogP contribution is 2.53. The number of hydrogen-bond acceptors (Lipinski definition) is 17. The SMILES string of the molecule is C=NCC1(c2ccc(Cl)cc2F)C(CC(C)(C)C)NC(C(=O)Nc2ccc(C(=O)OC(C)OC(=O)OCCOCCOCCOCCOCCOCCOCCOCCOC)cc2OC)C1c1cccc(Cl)c1F. The number of benzene rings is 3. The summed E-state index contributed by atoms with van der Waals surface area (Å²) in [6, 6.07) is 10.9. The van der Waals surface area contributed by atoms with E-state index in [1.807, 2.05) is 20.8 Å². The van der Waals surface area contributed by atoms with E-state index >= 15 is 8.78 Å². The molecule has 0 spiro atoms. The number of nitrogens with zero attached hydrogens (tertiary/aromatic N) is 1. The molecule has 1 aliphatic rings. The number of carbonyl (C=O) groups excluding carboxylic acids is 3. The fourth-order valence-corrected chi connectivity index (χ4v) is 8.61. The first-order valence-corrected chi connectivity index (χ1v) is 25.0. The number of carbonyl (C=O) groups is 3. The van der Waals surface area contributed by atoms with Gasteiger partial charge in [-0.1, -0.05) is 62.2 Å². The van der Waals surface area contributed by atoms with Crippen LogP contribution in [0.5, 0.6) is 5.75 Å². The number of rotatable bonds is 35. The van der Waals surface area contributed by atoms with Gasteiger partial charge in [-0.25, -0.2) is 18.4 Å². The quantitative estimate of drug-likeness (QED) is 0.0250. The van der Waals surface area contributed by atoms with Crippen molar-refractivity contribution in [2.75, 3.05) is 132 Å². The highest BCUT2D eigenvalue weighted by molar-refractivity contribution is 6.31. The zero-order valence-corrected chi connectivity index (χ0v) is 44.5. The summed E-state index contributed by atoms with van der Waals surface area (Å²) in [5, 5.41) is 6.25. The molecule has 1 fully saturated rings. The number of methoxy groups -OCH3 is 2. The lowest BCUT2D eigenvalue weighted by molar-refractivity contribution is -0.118. The van der Waals surface area contributed by atoms with Crippen LogP contribution in [0.25, 0.3) is 0 Å². The van der Waals surface area contributed by atoms with Crippen molar-refractivity contribution < 1.29 is 80.0 Å². The molecule has 0 aromatic heterocycles. The largest absolute Gasteiger partial charge is 0.511 e. The van der Waals surface area contributed by atoms with E-state index in [1.54, 1.807) is 13.2 Å². The Bertz CT molecular complexity index is 2210. The summed E-state index contributed by atoms with van der Waals surface area (Å²) >= 11 is 12.6. The molecule has 0 aliphatic carbocycles. The van der Waals surface area contributed by atoms with Crippen LogP contribution in [0.1, 0.15) is 61.5 Å². The van der Waals surface area contributed by atoms with Gasteiger partial charge in [-0.05, 0) is 66.1 Å². The summed E-state index contributed by atoms with van der Waals surface area (Å²) in [4.78, 5) is 44.4.